The van der Waals surface area contributed by atoms with Gasteiger partial charge in [0.25, 0.3) is 0 Å². The van der Waals surface area contributed by atoms with Gasteiger partial charge in [0.1, 0.15) is 18.3 Å². The molecule has 6 nitrogen and oxygen atoms in total. The average Bonchev–Trinajstić information content (AvgIpc) is 3.14. The number of hydrogen-bond donors (Lipinski definition) is 0. The molecule has 4 rings (SSSR count). The second-order valence-electron chi connectivity index (χ2n) is 7.65. The van der Waals surface area contributed by atoms with Gasteiger partial charge >= 0.3 is 5.97 Å². The zero-order valence-corrected chi connectivity index (χ0v) is 17.5. The Hall–Kier alpha value is -2.96. The first-order chi connectivity index (χ1) is 14.6. The lowest BCUT2D eigenvalue weighted by Gasteiger charge is -2.32. The van der Waals surface area contributed by atoms with Gasteiger partial charge in [-0.2, -0.15) is 5.10 Å². The summed E-state index contributed by atoms with van der Waals surface area (Å²) in [7, 11) is 0. The Bertz CT molecular complexity index is 1000. The maximum Gasteiger partial charge on any atom is 0.341 e. The summed E-state index contributed by atoms with van der Waals surface area (Å²) in [6.07, 6.45) is 1.45. The van der Waals surface area contributed by atoms with Crippen LogP contribution in [0.1, 0.15) is 27.2 Å². The lowest BCUT2D eigenvalue weighted by molar-refractivity contribution is -0.0612. The topological polar surface area (TPSA) is 56.6 Å². The van der Waals surface area contributed by atoms with E-state index in [9.17, 15) is 4.79 Å². The van der Waals surface area contributed by atoms with Crippen LogP contribution in [-0.4, -0.2) is 53.1 Å². The Labute approximate surface area is 177 Å². The third-order valence-electron chi connectivity index (χ3n) is 5.45. The van der Waals surface area contributed by atoms with Crippen LogP contribution < -0.4 is 0 Å². The Balaban J connectivity index is 1.35. The molecule has 2 heterocycles. The van der Waals surface area contributed by atoms with Crippen LogP contribution in [0.5, 0.6) is 0 Å². The van der Waals surface area contributed by atoms with Gasteiger partial charge in [0.15, 0.2) is 0 Å². The van der Waals surface area contributed by atoms with E-state index in [-0.39, 0.29) is 18.7 Å². The number of hydrogen-bond acceptors (Lipinski definition) is 5. The zero-order chi connectivity index (χ0) is 20.9. The van der Waals surface area contributed by atoms with Crippen LogP contribution in [0.2, 0.25) is 0 Å². The second kappa shape index (κ2) is 9.24. The number of benzene rings is 2. The molecular weight excluding hydrogens is 378 g/mol. The lowest BCUT2D eigenvalue weighted by Crippen LogP contribution is -2.44. The molecule has 0 spiro atoms. The third kappa shape index (κ3) is 4.61. The van der Waals surface area contributed by atoms with Crippen molar-refractivity contribution in [3.05, 3.63) is 83.2 Å². The molecule has 0 saturated carbocycles. The maximum absolute atomic E-state index is 12.7. The molecule has 1 aliphatic heterocycles. The van der Waals surface area contributed by atoms with Crippen molar-refractivity contribution in [3.63, 3.8) is 0 Å². The molecule has 0 aliphatic carbocycles. The lowest BCUT2D eigenvalue weighted by atomic mass is 10.2. The molecule has 6 heteroatoms. The first kappa shape index (κ1) is 20.3. The molecule has 1 unspecified atom stereocenters. The summed E-state index contributed by atoms with van der Waals surface area (Å²) in [5.41, 5.74) is 4.58. The first-order valence-electron chi connectivity index (χ1n) is 10.3. The van der Waals surface area contributed by atoms with E-state index in [2.05, 4.69) is 34.3 Å². The number of aryl methyl sites for hydroxylation is 1. The molecule has 1 aliphatic rings. The van der Waals surface area contributed by atoms with E-state index in [1.165, 1.54) is 5.56 Å². The summed E-state index contributed by atoms with van der Waals surface area (Å²) in [4.78, 5) is 15.0. The highest BCUT2D eigenvalue weighted by Gasteiger charge is 2.24. The standard InChI is InChI=1S/C24H27N3O3/c1-18-8-6-7-11-23(18)27-19(2)22(14-25-27)24(28)30-17-21-16-26(12-13-29-21)15-20-9-4-3-5-10-20/h3-11,14,21H,12-13,15-17H2,1-2H3. The van der Waals surface area contributed by atoms with Crippen LogP contribution in [0.25, 0.3) is 5.69 Å². The van der Waals surface area contributed by atoms with Crippen molar-refractivity contribution in [2.24, 2.45) is 0 Å². The van der Waals surface area contributed by atoms with Crippen LogP contribution in [0, 0.1) is 13.8 Å². The van der Waals surface area contributed by atoms with Crippen molar-refractivity contribution in [3.8, 4) is 5.69 Å². The van der Waals surface area contributed by atoms with Gasteiger partial charge in [0, 0.05) is 19.6 Å². The third-order valence-corrected chi connectivity index (χ3v) is 5.45. The van der Waals surface area contributed by atoms with Crippen molar-refractivity contribution in [1.82, 2.24) is 14.7 Å². The van der Waals surface area contributed by atoms with Gasteiger partial charge < -0.3 is 9.47 Å². The van der Waals surface area contributed by atoms with Gasteiger partial charge in [-0.15, -0.1) is 0 Å². The van der Waals surface area contributed by atoms with E-state index in [0.717, 1.165) is 36.6 Å². The van der Waals surface area contributed by atoms with Crippen molar-refractivity contribution < 1.29 is 14.3 Å². The minimum atomic E-state index is -0.365. The molecule has 2 aromatic carbocycles. The van der Waals surface area contributed by atoms with Gasteiger partial charge in [0.2, 0.25) is 0 Å². The van der Waals surface area contributed by atoms with E-state index in [1.807, 2.05) is 44.2 Å². The Kier molecular flexibility index (Phi) is 6.26. The molecule has 156 valence electrons. The highest BCUT2D eigenvalue weighted by molar-refractivity contribution is 5.90. The molecule has 1 atom stereocenters. The normalized spacial score (nSPS) is 17.1. The predicted octanol–water partition coefficient (Wildman–Crippen LogP) is 3.55. The minimum Gasteiger partial charge on any atom is -0.459 e. The summed E-state index contributed by atoms with van der Waals surface area (Å²) in [5.74, 6) is -0.365. The van der Waals surface area contributed by atoms with Crippen molar-refractivity contribution in [2.75, 3.05) is 26.3 Å². The Morgan fingerprint density at radius 3 is 2.70 bits per heavy atom. The van der Waals surface area contributed by atoms with Crippen molar-refractivity contribution in [1.29, 1.82) is 0 Å². The molecule has 1 saturated heterocycles. The number of rotatable bonds is 6. The summed E-state index contributed by atoms with van der Waals surface area (Å²) in [6.45, 7) is 7.27. The fraction of sp³-hybridized carbons (Fsp3) is 0.333. The monoisotopic (exact) mass is 405 g/mol. The number of aromatic nitrogens is 2. The quantitative estimate of drug-likeness (QED) is 0.587. The summed E-state index contributed by atoms with van der Waals surface area (Å²) < 4.78 is 13.2. The average molecular weight is 405 g/mol. The molecule has 1 aromatic heterocycles. The Morgan fingerprint density at radius 1 is 1.13 bits per heavy atom. The number of carbonyl (C=O) groups excluding carboxylic acids is 1. The number of esters is 1. The van der Waals surface area contributed by atoms with Crippen LogP contribution in [0.4, 0.5) is 0 Å². The van der Waals surface area contributed by atoms with Gasteiger partial charge in [-0.25, -0.2) is 9.48 Å². The van der Waals surface area contributed by atoms with E-state index in [4.69, 9.17) is 9.47 Å². The van der Waals surface area contributed by atoms with Gasteiger partial charge in [-0.05, 0) is 31.0 Å². The van der Waals surface area contributed by atoms with Gasteiger partial charge in [-0.3, -0.25) is 4.90 Å². The number of carbonyl (C=O) groups is 1. The Morgan fingerprint density at radius 2 is 1.90 bits per heavy atom. The molecule has 0 N–H and O–H groups in total. The molecule has 3 aromatic rings. The SMILES string of the molecule is Cc1ccccc1-n1ncc(C(=O)OCC2CN(Cc3ccccc3)CCO2)c1C. The van der Waals surface area contributed by atoms with Crippen molar-refractivity contribution >= 4 is 5.97 Å². The molecule has 1 fully saturated rings. The van der Waals surface area contributed by atoms with Crippen LogP contribution in [-0.2, 0) is 16.0 Å². The van der Waals surface area contributed by atoms with E-state index < -0.39 is 0 Å². The number of ether oxygens (including phenoxy) is 2. The van der Waals surface area contributed by atoms with Gasteiger partial charge in [0.05, 0.1) is 24.2 Å². The van der Waals surface area contributed by atoms with E-state index in [1.54, 1.807) is 10.9 Å². The molecule has 0 amide bonds. The fourth-order valence-corrected chi connectivity index (χ4v) is 3.77. The highest BCUT2D eigenvalue weighted by atomic mass is 16.6. The summed E-state index contributed by atoms with van der Waals surface area (Å²) >= 11 is 0. The first-order valence-corrected chi connectivity index (χ1v) is 10.3. The summed E-state index contributed by atoms with van der Waals surface area (Å²) in [5, 5.41) is 4.40. The molecular formula is C24H27N3O3. The van der Waals surface area contributed by atoms with Crippen LogP contribution in [0.3, 0.4) is 0 Å². The highest BCUT2D eigenvalue weighted by Crippen LogP contribution is 2.18. The number of para-hydroxylation sites is 1. The number of nitrogens with zero attached hydrogens (tertiary/aromatic N) is 3. The van der Waals surface area contributed by atoms with E-state index in [0.29, 0.717) is 12.2 Å². The predicted molar refractivity (Wildman–Crippen MR) is 115 cm³/mol. The smallest absolute Gasteiger partial charge is 0.341 e. The van der Waals surface area contributed by atoms with Crippen molar-refractivity contribution in [2.45, 2.75) is 26.5 Å². The maximum atomic E-state index is 12.7. The zero-order valence-electron chi connectivity index (χ0n) is 17.5. The summed E-state index contributed by atoms with van der Waals surface area (Å²) in [6, 6.07) is 18.3. The van der Waals surface area contributed by atoms with Crippen LogP contribution >= 0.6 is 0 Å². The molecule has 0 radical (unpaired) electrons. The molecule has 0 bridgehead atoms. The molecule has 30 heavy (non-hydrogen) atoms. The minimum absolute atomic E-state index is 0.127. The second-order valence-corrected chi connectivity index (χ2v) is 7.65. The van der Waals surface area contributed by atoms with E-state index >= 15 is 0 Å². The fourth-order valence-electron chi connectivity index (χ4n) is 3.77. The van der Waals surface area contributed by atoms with Crippen LogP contribution in [0.15, 0.2) is 60.8 Å². The number of morpholine rings is 1. The van der Waals surface area contributed by atoms with Gasteiger partial charge in [-0.1, -0.05) is 48.5 Å². The largest absolute Gasteiger partial charge is 0.459 e.